The Morgan fingerprint density at radius 3 is 2.75 bits per heavy atom. The number of nitrogens with zero attached hydrogens (tertiary/aromatic N) is 1. The maximum Gasteiger partial charge on any atom is 0.387 e. The summed E-state index contributed by atoms with van der Waals surface area (Å²) >= 11 is 11.2. The molecular formula is C16H14ClF2N3OS. The van der Waals surface area contributed by atoms with Gasteiger partial charge in [0.1, 0.15) is 5.75 Å². The molecule has 0 amide bonds. The number of anilines is 1. The molecule has 0 saturated carbocycles. The molecule has 0 spiro atoms. The Morgan fingerprint density at radius 2 is 2.00 bits per heavy atom. The molecule has 0 aliphatic carbocycles. The highest BCUT2D eigenvalue weighted by atomic mass is 35.5. The third-order valence-electron chi connectivity index (χ3n) is 3.02. The molecule has 0 atom stereocenters. The second kappa shape index (κ2) is 8.56. The van der Waals surface area contributed by atoms with Crippen LogP contribution in [-0.4, -0.2) is 17.9 Å². The first-order valence-corrected chi connectivity index (χ1v) is 7.65. The van der Waals surface area contributed by atoms with Crippen molar-refractivity contribution in [1.82, 2.24) is 5.43 Å². The quantitative estimate of drug-likeness (QED) is 0.460. The van der Waals surface area contributed by atoms with Crippen LogP contribution in [0, 0.1) is 6.92 Å². The van der Waals surface area contributed by atoms with E-state index in [1.165, 1.54) is 12.3 Å². The maximum absolute atomic E-state index is 12.3. The summed E-state index contributed by atoms with van der Waals surface area (Å²) in [6.45, 7) is -1.05. The van der Waals surface area contributed by atoms with E-state index in [1.54, 1.807) is 30.3 Å². The summed E-state index contributed by atoms with van der Waals surface area (Å²) in [6, 6.07) is 11.7. The van der Waals surface area contributed by atoms with E-state index in [-0.39, 0.29) is 10.9 Å². The Labute approximate surface area is 148 Å². The van der Waals surface area contributed by atoms with Gasteiger partial charge >= 0.3 is 6.61 Å². The third-order valence-corrected chi connectivity index (χ3v) is 3.62. The molecule has 0 unspecified atom stereocenters. The molecule has 0 aromatic heterocycles. The molecule has 4 nitrogen and oxygen atoms in total. The molecule has 2 aromatic rings. The average molecular weight is 370 g/mol. The summed E-state index contributed by atoms with van der Waals surface area (Å²) in [5.74, 6) is 0.0302. The minimum Gasteiger partial charge on any atom is -0.434 e. The van der Waals surface area contributed by atoms with Crippen molar-refractivity contribution < 1.29 is 13.5 Å². The van der Waals surface area contributed by atoms with Crippen molar-refractivity contribution in [2.24, 2.45) is 5.10 Å². The molecule has 0 radical (unpaired) electrons. The summed E-state index contributed by atoms with van der Waals surface area (Å²) < 4.78 is 29.1. The Bertz CT molecular complexity index is 756. The summed E-state index contributed by atoms with van der Waals surface area (Å²) in [5, 5.41) is 7.73. The number of rotatable bonds is 5. The second-order valence-electron chi connectivity index (χ2n) is 4.65. The zero-order chi connectivity index (χ0) is 17.5. The summed E-state index contributed by atoms with van der Waals surface area (Å²) in [6.07, 6.45) is 1.34. The Kier molecular flexibility index (Phi) is 6.45. The molecule has 126 valence electrons. The first-order chi connectivity index (χ1) is 11.5. The van der Waals surface area contributed by atoms with Gasteiger partial charge < -0.3 is 10.1 Å². The fourth-order valence-corrected chi connectivity index (χ4v) is 2.18. The molecule has 2 N–H and O–H groups in total. The van der Waals surface area contributed by atoms with Crippen molar-refractivity contribution in [3.63, 3.8) is 0 Å². The summed E-state index contributed by atoms with van der Waals surface area (Å²) in [4.78, 5) is 0. The van der Waals surface area contributed by atoms with Crippen molar-refractivity contribution in [1.29, 1.82) is 0 Å². The molecule has 0 heterocycles. The van der Waals surface area contributed by atoms with Crippen LogP contribution in [0.4, 0.5) is 14.5 Å². The van der Waals surface area contributed by atoms with Crippen molar-refractivity contribution in [2.45, 2.75) is 13.5 Å². The highest BCUT2D eigenvalue weighted by Gasteiger charge is 2.07. The average Bonchev–Trinajstić information content (AvgIpc) is 2.53. The van der Waals surface area contributed by atoms with Crippen LogP contribution in [0.5, 0.6) is 5.75 Å². The van der Waals surface area contributed by atoms with E-state index in [0.29, 0.717) is 10.6 Å². The number of benzene rings is 2. The van der Waals surface area contributed by atoms with Gasteiger partial charge in [-0.25, -0.2) is 0 Å². The zero-order valence-corrected chi connectivity index (χ0v) is 14.2. The van der Waals surface area contributed by atoms with E-state index in [9.17, 15) is 8.78 Å². The lowest BCUT2D eigenvalue weighted by Crippen LogP contribution is -2.24. The first kappa shape index (κ1) is 18.1. The first-order valence-electron chi connectivity index (χ1n) is 6.86. The lowest BCUT2D eigenvalue weighted by molar-refractivity contribution is -0.0499. The number of thiocarbonyl (C=S) groups is 1. The van der Waals surface area contributed by atoms with Crippen LogP contribution in [-0.2, 0) is 0 Å². The number of halogens is 3. The molecule has 0 aliphatic heterocycles. The van der Waals surface area contributed by atoms with Gasteiger partial charge in [0.2, 0.25) is 0 Å². The van der Waals surface area contributed by atoms with E-state index in [2.05, 4.69) is 20.6 Å². The predicted molar refractivity (Wildman–Crippen MR) is 96.2 cm³/mol. The van der Waals surface area contributed by atoms with Gasteiger partial charge in [-0.2, -0.15) is 13.9 Å². The maximum atomic E-state index is 12.3. The van der Waals surface area contributed by atoms with Crippen LogP contribution in [0.3, 0.4) is 0 Å². The fourth-order valence-electron chi connectivity index (χ4n) is 1.84. The number of para-hydroxylation sites is 1. The van der Waals surface area contributed by atoms with Crippen LogP contribution in [0.25, 0.3) is 0 Å². The van der Waals surface area contributed by atoms with Crippen LogP contribution in [0.2, 0.25) is 5.02 Å². The third kappa shape index (κ3) is 5.14. The number of nitrogens with one attached hydrogen (secondary N) is 2. The zero-order valence-electron chi connectivity index (χ0n) is 12.6. The van der Waals surface area contributed by atoms with Crippen molar-refractivity contribution in [3.8, 4) is 5.75 Å². The Morgan fingerprint density at radius 1 is 1.25 bits per heavy atom. The monoisotopic (exact) mass is 369 g/mol. The lowest BCUT2D eigenvalue weighted by Gasteiger charge is -2.11. The molecule has 2 aromatic carbocycles. The number of hydrogen-bond acceptors (Lipinski definition) is 3. The summed E-state index contributed by atoms with van der Waals surface area (Å²) in [5.41, 5.74) is 4.60. The van der Waals surface area contributed by atoms with E-state index in [1.807, 2.05) is 13.0 Å². The number of alkyl halides is 2. The van der Waals surface area contributed by atoms with Gasteiger partial charge in [0.25, 0.3) is 0 Å². The molecule has 0 fully saturated rings. The minimum atomic E-state index is -2.90. The van der Waals surface area contributed by atoms with Crippen LogP contribution >= 0.6 is 23.8 Å². The van der Waals surface area contributed by atoms with Crippen LogP contribution < -0.4 is 15.5 Å². The van der Waals surface area contributed by atoms with Gasteiger partial charge in [-0.05, 0) is 49.0 Å². The van der Waals surface area contributed by atoms with Crippen LogP contribution in [0.1, 0.15) is 11.1 Å². The van der Waals surface area contributed by atoms with Gasteiger partial charge in [0, 0.05) is 16.3 Å². The van der Waals surface area contributed by atoms with Gasteiger partial charge in [-0.3, -0.25) is 5.43 Å². The van der Waals surface area contributed by atoms with Gasteiger partial charge in [-0.1, -0.05) is 29.8 Å². The van der Waals surface area contributed by atoms with Gasteiger partial charge in [-0.15, -0.1) is 0 Å². The highest BCUT2D eigenvalue weighted by Crippen LogP contribution is 2.22. The normalized spacial score (nSPS) is 10.9. The van der Waals surface area contributed by atoms with E-state index < -0.39 is 6.61 Å². The molecule has 2 rings (SSSR count). The van der Waals surface area contributed by atoms with Gasteiger partial charge in [0.05, 0.1) is 6.21 Å². The van der Waals surface area contributed by atoms with E-state index in [0.717, 1.165) is 11.3 Å². The highest BCUT2D eigenvalue weighted by molar-refractivity contribution is 7.80. The number of ether oxygens (including phenoxy) is 1. The van der Waals surface area contributed by atoms with E-state index >= 15 is 0 Å². The second-order valence-corrected chi connectivity index (χ2v) is 5.47. The number of hydrogen-bond donors (Lipinski definition) is 2. The lowest BCUT2D eigenvalue weighted by atomic mass is 10.2. The van der Waals surface area contributed by atoms with Crippen molar-refractivity contribution in [3.05, 3.63) is 58.6 Å². The van der Waals surface area contributed by atoms with Crippen LogP contribution in [0.15, 0.2) is 47.6 Å². The standard InChI is InChI=1S/C16H14ClF2N3OS/c1-10-12(17)6-4-7-13(10)21-16(24)22-20-9-11-5-2-3-8-14(11)23-15(18)19/h2-9,15H,1H3,(H2,21,22,24)/b20-9-. The minimum absolute atomic E-state index is 0.0302. The Hall–Kier alpha value is -2.25. The van der Waals surface area contributed by atoms with E-state index in [4.69, 9.17) is 23.8 Å². The largest absolute Gasteiger partial charge is 0.434 e. The molecule has 24 heavy (non-hydrogen) atoms. The summed E-state index contributed by atoms with van der Waals surface area (Å²) in [7, 11) is 0. The Balaban J connectivity index is 1.99. The smallest absolute Gasteiger partial charge is 0.387 e. The molecular weight excluding hydrogens is 356 g/mol. The molecule has 0 bridgehead atoms. The molecule has 8 heteroatoms. The van der Waals surface area contributed by atoms with Crippen molar-refractivity contribution in [2.75, 3.05) is 5.32 Å². The fraction of sp³-hybridized carbons (Fsp3) is 0.125. The van der Waals surface area contributed by atoms with Gasteiger partial charge in [0.15, 0.2) is 5.11 Å². The predicted octanol–water partition coefficient (Wildman–Crippen LogP) is 4.57. The topological polar surface area (TPSA) is 45.7 Å². The number of hydrazone groups is 1. The molecule has 0 saturated heterocycles. The SMILES string of the molecule is Cc1c(Cl)cccc1NC(=S)N/N=C\c1ccccc1OC(F)F. The van der Waals surface area contributed by atoms with Crippen molar-refractivity contribution >= 4 is 40.8 Å². The molecule has 0 aliphatic rings.